The third-order valence-corrected chi connectivity index (χ3v) is 4.19. The molecule has 3 rings (SSSR count). The first-order valence-corrected chi connectivity index (χ1v) is 8.73. The van der Waals surface area contributed by atoms with Crippen molar-refractivity contribution in [1.82, 2.24) is 10.3 Å². The lowest BCUT2D eigenvalue weighted by Crippen LogP contribution is -2.26. The molecular formula is C22H22N2O3. The lowest BCUT2D eigenvalue weighted by molar-refractivity contribution is 0.0939. The van der Waals surface area contributed by atoms with E-state index in [-0.39, 0.29) is 11.9 Å². The molecule has 1 heterocycles. The summed E-state index contributed by atoms with van der Waals surface area (Å²) in [6.45, 7) is 2.35. The number of methoxy groups -OCH3 is 1. The Morgan fingerprint density at radius 2 is 1.89 bits per heavy atom. The summed E-state index contributed by atoms with van der Waals surface area (Å²) >= 11 is 0. The Hall–Kier alpha value is -3.34. The highest BCUT2D eigenvalue weighted by Gasteiger charge is 2.14. The van der Waals surface area contributed by atoms with Crippen LogP contribution in [-0.2, 0) is 6.61 Å². The van der Waals surface area contributed by atoms with Gasteiger partial charge in [-0.15, -0.1) is 0 Å². The quantitative estimate of drug-likeness (QED) is 0.686. The summed E-state index contributed by atoms with van der Waals surface area (Å²) in [5, 5.41) is 2.97. The zero-order valence-electron chi connectivity index (χ0n) is 15.4. The minimum atomic E-state index is -0.181. The van der Waals surface area contributed by atoms with Crippen molar-refractivity contribution in [2.75, 3.05) is 7.11 Å². The molecular weight excluding hydrogens is 340 g/mol. The number of rotatable bonds is 7. The molecule has 0 spiro atoms. The van der Waals surface area contributed by atoms with Gasteiger partial charge >= 0.3 is 0 Å². The zero-order valence-corrected chi connectivity index (χ0v) is 15.4. The third-order valence-electron chi connectivity index (χ3n) is 4.19. The molecule has 1 amide bonds. The van der Waals surface area contributed by atoms with E-state index in [1.54, 1.807) is 37.7 Å². The van der Waals surface area contributed by atoms with Gasteiger partial charge in [-0.25, -0.2) is 0 Å². The summed E-state index contributed by atoms with van der Waals surface area (Å²) < 4.78 is 11.2. The zero-order chi connectivity index (χ0) is 19.1. The van der Waals surface area contributed by atoms with E-state index < -0.39 is 0 Å². The Morgan fingerprint density at radius 1 is 1.07 bits per heavy atom. The lowest BCUT2D eigenvalue weighted by Gasteiger charge is -2.15. The molecule has 0 radical (unpaired) electrons. The number of nitrogens with one attached hydrogen (secondary N) is 1. The van der Waals surface area contributed by atoms with Gasteiger partial charge < -0.3 is 14.8 Å². The van der Waals surface area contributed by atoms with Crippen molar-refractivity contribution < 1.29 is 14.3 Å². The summed E-state index contributed by atoms with van der Waals surface area (Å²) in [6, 6.07) is 18.7. The molecule has 0 aliphatic rings. The maximum Gasteiger partial charge on any atom is 0.251 e. The Balaban J connectivity index is 1.68. The van der Waals surface area contributed by atoms with Crippen LogP contribution in [0.25, 0.3) is 0 Å². The second-order valence-corrected chi connectivity index (χ2v) is 6.12. The second kappa shape index (κ2) is 8.85. The van der Waals surface area contributed by atoms with Crippen molar-refractivity contribution in [2.24, 2.45) is 0 Å². The summed E-state index contributed by atoms with van der Waals surface area (Å²) in [7, 11) is 1.56. The minimum Gasteiger partial charge on any atom is -0.493 e. The van der Waals surface area contributed by atoms with Crippen LogP contribution < -0.4 is 14.8 Å². The number of amides is 1. The predicted molar refractivity (Wildman–Crippen MR) is 104 cm³/mol. The molecule has 0 bridgehead atoms. The van der Waals surface area contributed by atoms with E-state index in [2.05, 4.69) is 10.3 Å². The van der Waals surface area contributed by atoms with Crippen LogP contribution in [0.4, 0.5) is 0 Å². The molecule has 5 heteroatoms. The summed E-state index contributed by atoms with van der Waals surface area (Å²) in [5.41, 5.74) is 2.52. The molecule has 0 saturated carbocycles. The van der Waals surface area contributed by atoms with Crippen LogP contribution in [0.5, 0.6) is 11.5 Å². The van der Waals surface area contributed by atoms with Gasteiger partial charge in [0.25, 0.3) is 5.91 Å². The molecule has 1 N–H and O–H groups in total. The van der Waals surface area contributed by atoms with Crippen LogP contribution in [0.3, 0.4) is 0 Å². The third kappa shape index (κ3) is 4.85. The molecule has 1 aromatic heterocycles. The van der Waals surface area contributed by atoms with Gasteiger partial charge in [-0.2, -0.15) is 0 Å². The normalized spacial score (nSPS) is 11.5. The highest BCUT2D eigenvalue weighted by atomic mass is 16.5. The number of aromatic nitrogens is 1. The van der Waals surface area contributed by atoms with Gasteiger partial charge in [0, 0.05) is 18.0 Å². The average Bonchev–Trinajstić information content (AvgIpc) is 2.73. The summed E-state index contributed by atoms with van der Waals surface area (Å²) in [6.07, 6.45) is 3.45. The largest absolute Gasteiger partial charge is 0.493 e. The minimum absolute atomic E-state index is 0.147. The van der Waals surface area contributed by atoms with Gasteiger partial charge in [0.05, 0.1) is 13.2 Å². The number of hydrogen-bond donors (Lipinski definition) is 1. The van der Waals surface area contributed by atoms with Crippen molar-refractivity contribution in [1.29, 1.82) is 0 Å². The first kappa shape index (κ1) is 18.5. The first-order valence-electron chi connectivity index (χ1n) is 8.73. The lowest BCUT2D eigenvalue weighted by atomic mass is 10.1. The van der Waals surface area contributed by atoms with E-state index in [0.717, 1.165) is 11.1 Å². The van der Waals surface area contributed by atoms with Gasteiger partial charge in [0.15, 0.2) is 11.5 Å². The fourth-order valence-corrected chi connectivity index (χ4v) is 2.66. The SMILES string of the molecule is COc1cc(C(=O)N[C@H](C)c2cccnc2)ccc1OCc1ccccc1. The molecule has 138 valence electrons. The molecule has 0 unspecified atom stereocenters. The van der Waals surface area contributed by atoms with Gasteiger partial charge in [-0.1, -0.05) is 36.4 Å². The van der Waals surface area contributed by atoms with Gasteiger partial charge in [0.1, 0.15) is 6.61 Å². The smallest absolute Gasteiger partial charge is 0.251 e. The van der Waals surface area contributed by atoms with Gasteiger partial charge in [0.2, 0.25) is 0 Å². The van der Waals surface area contributed by atoms with E-state index in [9.17, 15) is 4.79 Å². The Kier molecular flexibility index (Phi) is 6.05. The molecule has 0 saturated heterocycles. The topological polar surface area (TPSA) is 60.5 Å². The van der Waals surface area contributed by atoms with Crippen LogP contribution >= 0.6 is 0 Å². The van der Waals surface area contributed by atoms with Crippen LogP contribution in [-0.4, -0.2) is 18.0 Å². The number of carbonyl (C=O) groups is 1. The standard InChI is InChI=1S/C22H22N2O3/c1-16(19-9-6-12-23-14-19)24-22(25)18-10-11-20(21(13-18)26-2)27-15-17-7-4-3-5-8-17/h3-14,16H,15H2,1-2H3,(H,24,25)/t16-/m1/s1. The number of pyridine rings is 1. The number of benzene rings is 2. The van der Waals surface area contributed by atoms with E-state index in [4.69, 9.17) is 9.47 Å². The summed E-state index contributed by atoms with van der Waals surface area (Å²) in [5.74, 6) is 0.935. The van der Waals surface area contributed by atoms with Crippen LogP contribution in [0, 0.1) is 0 Å². The van der Waals surface area contributed by atoms with Crippen LogP contribution in [0.15, 0.2) is 73.1 Å². The van der Waals surface area contributed by atoms with Crippen molar-refractivity contribution in [3.63, 3.8) is 0 Å². The molecule has 0 aliphatic heterocycles. The average molecular weight is 362 g/mol. The molecule has 5 nitrogen and oxygen atoms in total. The fraction of sp³-hybridized carbons (Fsp3) is 0.182. The van der Waals surface area contributed by atoms with E-state index in [1.165, 1.54) is 0 Å². The molecule has 0 aliphatic carbocycles. The molecule has 3 aromatic rings. The van der Waals surface area contributed by atoms with Gasteiger partial charge in [-0.3, -0.25) is 9.78 Å². The van der Waals surface area contributed by atoms with E-state index in [1.807, 2.05) is 49.4 Å². The number of ether oxygens (including phenoxy) is 2. The van der Waals surface area contributed by atoms with Crippen LogP contribution in [0.1, 0.15) is 34.5 Å². The highest BCUT2D eigenvalue weighted by Crippen LogP contribution is 2.29. The monoisotopic (exact) mass is 362 g/mol. The van der Waals surface area contributed by atoms with Crippen molar-refractivity contribution in [3.05, 3.63) is 89.7 Å². The number of hydrogen-bond acceptors (Lipinski definition) is 4. The summed E-state index contributed by atoms with van der Waals surface area (Å²) in [4.78, 5) is 16.6. The molecule has 1 atom stereocenters. The van der Waals surface area contributed by atoms with Crippen molar-refractivity contribution >= 4 is 5.91 Å². The van der Waals surface area contributed by atoms with Crippen LogP contribution in [0.2, 0.25) is 0 Å². The highest BCUT2D eigenvalue weighted by molar-refractivity contribution is 5.95. The first-order chi connectivity index (χ1) is 13.2. The Bertz CT molecular complexity index is 883. The maximum atomic E-state index is 12.6. The van der Waals surface area contributed by atoms with Gasteiger partial charge in [-0.05, 0) is 42.3 Å². The fourth-order valence-electron chi connectivity index (χ4n) is 2.66. The second-order valence-electron chi connectivity index (χ2n) is 6.12. The Morgan fingerprint density at radius 3 is 2.59 bits per heavy atom. The number of carbonyl (C=O) groups excluding carboxylic acids is 1. The maximum absolute atomic E-state index is 12.6. The van der Waals surface area contributed by atoms with Crippen molar-refractivity contribution in [2.45, 2.75) is 19.6 Å². The molecule has 2 aromatic carbocycles. The van der Waals surface area contributed by atoms with E-state index in [0.29, 0.717) is 23.7 Å². The van der Waals surface area contributed by atoms with Crippen molar-refractivity contribution in [3.8, 4) is 11.5 Å². The van der Waals surface area contributed by atoms with E-state index >= 15 is 0 Å². The molecule has 0 fully saturated rings. The number of nitrogens with zero attached hydrogens (tertiary/aromatic N) is 1. The Labute approximate surface area is 159 Å². The predicted octanol–water partition coefficient (Wildman–Crippen LogP) is 4.16. The molecule has 27 heavy (non-hydrogen) atoms.